The number of hydrogen-bond acceptors (Lipinski definition) is 3. The lowest BCUT2D eigenvalue weighted by Gasteiger charge is -1.97. The molecule has 4 rings (SSSR count). The van der Waals surface area contributed by atoms with Crippen LogP contribution < -0.4 is 0 Å². The summed E-state index contributed by atoms with van der Waals surface area (Å²) in [6, 6.07) is 14.0. The maximum absolute atomic E-state index is 2.38. The molecule has 0 aliphatic carbocycles. The number of fused-ring (bicyclic) bond motifs is 2. The fourth-order valence-electron chi connectivity index (χ4n) is 2.80. The summed E-state index contributed by atoms with van der Waals surface area (Å²) in [6.07, 6.45) is 0. The summed E-state index contributed by atoms with van der Waals surface area (Å²) in [5, 5.41) is 2.77. The third kappa shape index (κ3) is 2.75. The number of rotatable bonds is 3. The van der Waals surface area contributed by atoms with Gasteiger partial charge in [0.15, 0.2) is 0 Å². The third-order valence-corrected chi connectivity index (χ3v) is 8.26. The molecule has 0 nitrogen and oxygen atoms in total. The number of hydrogen-bond donors (Lipinski definition) is 0. The molecule has 0 radical (unpaired) electrons. The fourth-order valence-corrected chi connectivity index (χ4v) is 6.14. The minimum Gasteiger partial charge on any atom is -0.140 e. The summed E-state index contributed by atoms with van der Waals surface area (Å²) in [5.74, 6) is 1.23. The standard InChI is InChI=1S/C20H20S3/c1-11(2)15-5-6-16(21-15)20-9-14-7-13-8-17(12(3)4)22-18(13)10-19(14)23-20/h5-12H,1-4H3. The highest BCUT2D eigenvalue weighted by atomic mass is 32.1. The maximum Gasteiger partial charge on any atom is 0.0455 e. The Morgan fingerprint density at radius 2 is 1.30 bits per heavy atom. The van der Waals surface area contributed by atoms with Crippen molar-refractivity contribution in [3.63, 3.8) is 0 Å². The molecular weight excluding hydrogens is 336 g/mol. The van der Waals surface area contributed by atoms with Crippen LogP contribution in [-0.4, -0.2) is 0 Å². The van der Waals surface area contributed by atoms with Crippen LogP contribution in [0.2, 0.25) is 0 Å². The smallest absolute Gasteiger partial charge is 0.0455 e. The summed E-state index contributed by atoms with van der Waals surface area (Å²) in [5.41, 5.74) is 0. The Bertz CT molecular complexity index is 928. The summed E-state index contributed by atoms with van der Waals surface area (Å²) in [4.78, 5) is 5.76. The van der Waals surface area contributed by atoms with Crippen molar-refractivity contribution in [2.45, 2.75) is 39.5 Å². The highest BCUT2D eigenvalue weighted by molar-refractivity contribution is 7.26. The van der Waals surface area contributed by atoms with E-state index in [4.69, 9.17) is 0 Å². The van der Waals surface area contributed by atoms with Crippen LogP contribution in [0.15, 0.2) is 36.4 Å². The molecule has 4 aromatic rings. The van der Waals surface area contributed by atoms with Gasteiger partial charge in [0.2, 0.25) is 0 Å². The topological polar surface area (TPSA) is 0 Å². The molecule has 23 heavy (non-hydrogen) atoms. The maximum atomic E-state index is 2.38. The molecular formula is C20H20S3. The van der Waals surface area contributed by atoms with Gasteiger partial charge >= 0.3 is 0 Å². The van der Waals surface area contributed by atoms with Gasteiger partial charge in [0, 0.05) is 28.9 Å². The summed E-state index contributed by atoms with van der Waals surface area (Å²) < 4.78 is 2.83. The molecule has 0 aliphatic heterocycles. The van der Waals surface area contributed by atoms with E-state index in [1.165, 1.54) is 39.7 Å². The van der Waals surface area contributed by atoms with Gasteiger partial charge in [-0.2, -0.15) is 0 Å². The second kappa shape index (κ2) is 5.73. The Morgan fingerprint density at radius 1 is 0.609 bits per heavy atom. The van der Waals surface area contributed by atoms with Crippen LogP contribution in [0.4, 0.5) is 0 Å². The first-order chi connectivity index (χ1) is 11.0. The molecule has 3 heteroatoms. The van der Waals surface area contributed by atoms with Gasteiger partial charge in [-0.05, 0) is 59.0 Å². The van der Waals surface area contributed by atoms with Gasteiger partial charge in [-0.25, -0.2) is 0 Å². The van der Waals surface area contributed by atoms with Gasteiger partial charge in [-0.15, -0.1) is 34.0 Å². The van der Waals surface area contributed by atoms with Crippen LogP contribution in [0.25, 0.3) is 29.9 Å². The van der Waals surface area contributed by atoms with Gasteiger partial charge < -0.3 is 0 Å². The van der Waals surface area contributed by atoms with Crippen molar-refractivity contribution >= 4 is 54.2 Å². The second-order valence-electron chi connectivity index (χ2n) is 6.70. The van der Waals surface area contributed by atoms with Crippen LogP contribution >= 0.6 is 34.0 Å². The van der Waals surface area contributed by atoms with Crippen molar-refractivity contribution in [3.05, 3.63) is 46.2 Å². The van der Waals surface area contributed by atoms with Crippen molar-refractivity contribution in [3.8, 4) is 9.75 Å². The first-order valence-electron chi connectivity index (χ1n) is 8.08. The van der Waals surface area contributed by atoms with Gasteiger partial charge in [0.05, 0.1) is 0 Å². The lowest BCUT2D eigenvalue weighted by molar-refractivity contribution is 0.890. The molecule has 0 spiro atoms. The number of benzene rings is 1. The predicted molar refractivity (Wildman–Crippen MR) is 109 cm³/mol. The zero-order valence-electron chi connectivity index (χ0n) is 13.8. The first-order valence-corrected chi connectivity index (χ1v) is 10.5. The summed E-state index contributed by atoms with van der Waals surface area (Å²) >= 11 is 5.80. The van der Waals surface area contributed by atoms with Crippen LogP contribution in [0.5, 0.6) is 0 Å². The van der Waals surface area contributed by atoms with E-state index in [9.17, 15) is 0 Å². The third-order valence-electron chi connectivity index (χ3n) is 4.18. The van der Waals surface area contributed by atoms with E-state index in [1.54, 1.807) is 0 Å². The predicted octanol–water partition coefficient (Wildman–Crippen LogP) is 8.09. The Labute approximate surface area is 149 Å². The van der Waals surface area contributed by atoms with E-state index in [2.05, 4.69) is 64.1 Å². The largest absolute Gasteiger partial charge is 0.140 e. The van der Waals surface area contributed by atoms with Crippen molar-refractivity contribution in [1.82, 2.24) is 0 Å². The molecule has 3 heterocycles. The fraction of sp³-hybridized carbons (Fsp3) is 0.300. The average Bonchev–Trinajstić information content (AvgIpc) is 3.20. The van der Waals surface area contributed by atoms with E-state index >= 15 is 0 Å². The molecule has 3 aromatic heterocycles. The van der Waals surface area contributed by atoms with Gasteiger partial charge in [0.1, 0.15) is 0 Å². The molecule has 0 bridgehead atoms. The number of thiophene rings is 3. The van der Waals surface area contributed by atoms with Crippen molar-refractivity contribution in [1.29, 1.82) is 0 Å². The minimum atomic E-state index is 0.613. The molecule has 0 saturated carbocycles. The SMILES string of the molecule is CC(C)c1ccc(-c2cc3cc4cc(C(C)C)sc4cc3s2)s1. The van der Waals surface area contributed by atoms with Crippen LogP contribution in [0, 0.1) is 0 Å². The average molecular weight is 357 g/mol. The molecule has 0 amide bonds. The lowest BCUT2D eigenvalue weighted by atomic mass is 10.1. The van der Waals surface area contributed by atoms with Crippen LogP contribution in [0.3, 0.4) is 0 Å². The van der Waals surface area contributed by atoms with E-state index in [0.717, 1.165) is 0 Å². The van der Waals surface area contributed by atoms with Crippen LogP contribution in [-0.2, 0) is 0 Å². The zero-order chi connectivity index (χ0) is 16.1. The minimum absolute atomic E-state index is 0.613. The molecule has 0 unspecified atom stereocenters. The Kier molecular flexibility index (Phi) is 3.83. The first kappa shape index (κ1) is 15.4. The quantitative estimate of drug-likeness (QED) is 0.348. The molecule has 0 aliphatic rings. The lowest BCUT2D eigenvalue weighted by Crippen LogP contribution is -1.77. The highest BCUT2D eigenvalue weighted by Gasteiger charge is 2.12. The molecule has 1 aromatic carbocycles. The Hall–Kier alpha value is -1.16. The monoisotopic (exact) mass is 356 g/mol. The van der Waals surface area contributed by atoms with Crippen molar-refractivity contribution in [2.75, 3.05) is 0 Å². The summed E-state index contributed by atoms with van der Waals surface area (Å²) in [7, 11) is 0. The van der Waals surface area contributed by atoms with E-state index in [0.29, 0.717) is 11.8 Å². The van der Waals surface area contributed by atoms with Crippen molar-refractivity contribution in [2.24, 2.45) is 0 Å². The van der Waals surface area contributed by atoms with Gasteiger partial charge in [-0.1, -0.05) is 27.7 Å². The Balaban J connectivity index is 1.80. The van der Waals surface area contributed by atoms with E-state index < -0.39 is 0 Å². The summed E-state index contributed by atoms with van der Waals surface area (Å²) in [6.45, 7) is 9.07. The van der Waals surface area contributed by atoms with E-state index in [1.807, 2.05) is 34.0 Å². The normalized spacial score (nSPS) is 12.3. The molecule has 0 fully saturated rings. The Morgan fingerprint density at radius 3 is 2.00 bits per heavy atom. The van der Waals surface area contributed by atoms with Crippen LogP contribution in [0.1, 0.15) is 49.3 Å². The molecule has 118 valence electrons. The zero-order valence-corrected chi connectivity index (χ0v) is 16.3. The highest BCUT2D eigenvalue weighted by Crippen LogP contribution is 2.41. The second-order valence-corrected chi connectivity index (χ2v) is 10.0. The van der Waals surface area contributed by atoms with Gasteiger partial charge in [-0.3, -0.25) is 0 Å². The van der Waals surface area contributed by atoms with E-state index in [-0.39, 0.29) is 0 Å². The molecule has 0 saturated heterocycles. The van der Waals surface area contributed by atoms with Gasteiger partial charge in [0.25, 0.3) is 0 Å². The molecule has 0 atom stereocenters. The van der Waals surface area contributed by atoms with Crippen molar-refractivity contribution < 1.29 is 0 Å². The molecule has 0 N–H and O–H groups in total.